The molecule has 0 atom stereocenters. The second-order valence-corrected chi connectivity index (χ2v) is 6.56. The van der Waals surface area contributed by atoms with Crippen molar-refractivity contribution in [2.45, 2.75) is 6.92 Å². The summed E-state index contributed by atoms with van der Waals surface area (Å²) in [5.74, 6) is 1.07. The van der Waals surface area contributed by atoms with E-state index in [4.69, 9.17) is 17.3 Å². The lowest BCUT2D eigenvalue weighted by Gasteiger charge is -2.14. The lowest BCUT2D eigenvalue weighted by atomic mass is 10.2. The molecule has 24 heavy (non-hydrogen) atoms. The molecule has 0 aliphatic heterocycles. The minimum atomic E-state index is 0.437. The van der Waals surface area contributed by atoms with Crippen LogP contribution in [0.5, 0.6) is 0 Å². The summed E-state index contributed by atoms with van der Waals surface area (Å²) in [5.41, 5.74) is 9.41. The highest BCUT2D eigenvalue weighted by Gasteiger charge is 2.10. The molecule has 0 aliphatic carbocycles. The highest BCUT2D eigenvalue weighted by Crippen LogP contribution is 2.30. The number of anilines is 5. The molecule has 5 nitrogen and oxygen atoms in total. The second kappa shape index (κ2) is 7.07. The SMILES string of the molecule is Cc1cc(Cl)ccc1Nc1ncnc(Nc2cccc(Br)c2)c1N. The van der Waals surface area contributed by atoms with Crippen LogP contribution in [0.4, 0.5) is 28.7 Å². The van der Waals surface area contributed by atoms with Gasteiger partial charge < -0.3 is 16.4 Å². The number of nitrogens with zero attached hydrogens (tertiary/aromatic N) is 2. The average Bonchev–Trinajstić information content (AvgIpc) is 2.54. The monoisotopic (exact) mass is 403 g/mol. The van der Waals surface area contributed by atoms with E-state index in [2.05, 4.69) is 36.5 Å². The Hall–Kier alpha value is -2.31. The summed E-state index contributed by atoms with van der Waals surface area (Å²) in [7, 11) is 0. The molecular formula is C17H15BrClN5. The van der Waals surface area contributed by atoms with E-state index in [1.54, 1.807) is 0 Å². The van der Waals surface area contributed by atoms with E-state index >= 15 is 0 Å². The predicted molar refractivity (Wildman–Crippen MR) is 103 cm³/mol. The molecule has 0 fully saturated rings. The Labute approximate surface area is 153 Å². The third kappa shape index (κ3) is 3.77. The van der Waals surface area contributed by atoms with E-state index in [1.807, 2.05) is 49.4 Å². The van der Waals surface area contributed by atoms with Gasteiger partial charge >= 0.3 is 0 Å². The standard InChI is InChI=1S/C17H15BrClN5/c1-10-7-12(19)5-6-14(10)24-17-15(20)16(21-9-22-17)23-13-4-2-3-11(18)8-13/h2-9H,20H2,1H3,(H2,21,22,23,24). The second-order valence-electron chi connectivity index (χ2n) is 5.20. The zero-order chi connectivity index (χ0) is 17.1. The van der Waals surface area contributed by atoms with Crippen molar-refractivity contribution in [2.75, 3.05) is 16.4 Å². The number of nitrogens with one attached hydrogen (secondary N) is 2. The van der Waals surface area contributed by atoms with Gasteiger partial charge in [0, 0.05) is 20.9 Å². The van der Waals surface area contributed by atoms with Gasteiger partial charge in [-0.25, -0.2) is 9.97 Å². The quantitative estimate of drug-likeness (QED) is 0.552. The lowest BCUT2D eigenvalue weighted by Crippen LogP contribution is -2.05. The van der Waals surface area contributed by atoms with Gasteiger partial charge in [0.05, 0.1) is 0 Å². The zero-order valence-electron chi connectivity index (χ0n) is 12.8. The molecule has 0 saturated heterocycles. The van der Waals surface area contributed by atoms with Crippen molar-refractivity contribution in [1.29, 1.82) is 0 Å². The van der Waals surface area contributed by atoms with E-state index in [-0.39, 0.29) is 0 Å². The van der Waals surface area contributed by atoms with E-state index < -0.39 is 0 Å². The minimum absolute atomic E-state index is 0.437. The maximum absolute atomic E-state index is 6.21. The Morgan fingerprint density at radius 2 is 1.79 bits per heavy atom. The third-order valence-corrected chi connectivity index (χ3v) is 4.14. The van der Waals surface area contributed by atoms with Gasteiger partial charge in [0.1, 0.15) is 12.0 Å². The Bertz CT molecular complexity index is 885. The van der Waals surface area contributed by atoms with Gasteiger partial charge in [-0.05, 0) is 48.9 Å². The number of nitrogens with two attached hydrogens (primary N) is 1. The van der Waals surface area contributed by atoms with Gasteiger partial charge in [0.2, 0.25) is 0 Å². The molecule has 0 amide bonds. The predicted octanol–water partition coefficient (Wildman–Crippen LogP) is 5.27. The molecule has 3 aromatic rings. The maximum atomic E-state index is 6.21. The first-order valence-corrected chi connectivity index (χ1v) is 8.36. The molecule has 0 aliphatic rings. The van der Waals surface area contributed by atoms with Crippen LogP contribution in [0.2, 0.25) is 5.02 Å². The van der Waals surface area contributed by atoms with E-state index in [1.165, 1.54) is 6.33 Å². The highest BCUT2D eigenvalue weighted by atomic mass is 79.9. The fourth-order valence-corrected chi connectivity index (χ4v) is 2.82. The summed E-state index contributed by atoms with van der Waals surface area (Å²) in [4.78, 5) is 8.45. The fraction of sp³-hybridized carbons (Fsp3) is 0.0588. The van der Waals surface area contributed by atoms with E-state index in [0.29, 0.717) is 22.3 Å². The zero-order valence-corrected chi connectivity index (χ0v) is 15.2. The van der Waals surface area contributed by atoms with Gasteiger partial charge in [-0.3, -0.25) is 0 Å². The van der Waals surface area contributed by atoms with Gasteiger partial charge in [-0.15, -0.1) is 0 Å². The lowest BCUT2D eigenvalue weighted by molar-refractivity contribution is 1.17. The van der Waals surface area contributed by atoms with Crippen LogP contribution in [0.15, 0.2) is 53.3 Å². The van der Waals surface area contributed by atoms with Crippen LogP contribution in [0.1, 0.15) is 5.56 Å². The van der Waals surface area contributed by atoms with Crippen LogP contribution in [-0.2, 0) is 0 Å². The van der Waals surface area contributed by atoms with Crippen LogP contribution in [0, 0.1) is 6.92 Å². The van der Waals surface area contributed by atoms with Crippen molar-refractivity contribution >= 4 is 56.2 Å². The molecule has 7 heteroatoms. The summed E-state index contributed by atoms with van der Waals surface area (Å²) >= 11 is 9.43. The van der Waals surface area contributed by atoms with Crippen molar-refractivity contribution in [1.82, 2.24) is 9.97 Å². The molecule has 4 N–H and O–H groups in total. The number of hydrogen-bond acceptors (Lipinski definition) is 5. The summed E-state index contributed by atoms with van der Waals surface area (Å²) < 4.78 is 0.968. The number of aromatic nitrogens is 2. The van der Waals surface area contributed by atoms with Crippen molar-refractivity contribution in [3.8, 4) is 0 Å². The normalized spacial score (nSPS) is 10.5. The number of benzene rings is 2. The first-order chi connectivity index (χ1) is 11.5. The maximum Gasteiger partial charge on any atom is 0.159 e. The molecular weight excluding hydrogens is 390 g/mol. The molecule has 0 unspecified atom stereocenters. The topological polar surface area (TPSA) is 75.9 Å². The molecule has 3 rings (SSSR count). The average molecular weight is 405 g/mol. The van der Waals surface area contributed by atoms with Gasteiger partial charge in [-0.2, -0.15) is 0 Å². The molecule has 0 radical (unpaired) electrons. The Morgan fingerprint density at radius 3 is 2.50 bits per heavy atom. The number of rotatable bonds is 4. The number of hydrogen-bond donors (Lipinski definition) is 3. The van der Waals surface area contributed by atoms with Crippen molar-refractivity contribution in [3.05, 3.63) is 63.9 Å². The van der Waals surface area contributed by atoms with Crippen LogP contribution in [0.3, 0.4) is 0 Å². The Balaban J connectivity index is 1.88. The van der Waals surface area contributed by atoms with Crippen LogP contribution < -0.4 is 16.4 Å². The summed E-state index contributed by atoms with van der Waals surface area (Å²) in [6, 6.07) is 13.3. The van der Waals surface area contributed by atoms with Gasteiger partial charge in [0.15, 0.2) is 11.6 Å². The van der Waals surface area contributed by atoms with Crippen molar-refractivity contribution in [2.24, 2.45) is 0 Å². The molecule has 2 aromatic carbocycles. The number of halogens is 2. The smallest absolute Gasteiger partial charge is 0.159 e. The van der Waals surface area contributed by atoms with Crippen molar-refractivity contribution < 1.29 is 0 Å². The summed E-state index contributed by atoms with van der Waals surface area (Å²) in [5, 5.41) is 7.10. The fourth-order valence-electron chi connectivity index (χ4n) is 2.19. The highest BCUT2D eigenvalue weighted by molar-refractivity contribution is 9.10. The summed E-state index contributed by atoms with van der Waals surface area (Å²) in [6.07, 6.45) is 1.46. The van der Waals surface area contributed by atoms with Crippen molar-refractivity contribution in [3.63, 3.8) is 0 Å². The largest absolute Gasteiger partial charge is 0.393 e. The van der Waals surface area contributed by atoms with Crippen LogP contribution >= 0.6 is 27.5 Å². The number of aryl methyl sites for hydroxylation is 1. The van der Waals surface area contributed by atoms with E-state index in [9.17, 15) is 0 Å². The molecule has 0 spiro atoms. The van der Waals surface area contributed by atoms with Gasteiger partial charge in [-0.1, -0.05) is 33.6 Å². The van der Waals surface area contributed by atoms with Gasteiger partial charge in [0.25, 0.3) is 0 Å². The first-order valence-electron chi connectivity index (χ1n) is 7.19. The minimum Gasteiger partial charge on any atom is -0.393 e. The first kappa shape index (κ1) is 16.5. The Morgan fingerprint density at radius 1 is 1.04 bits per heavy atom. The molecule has 122 valence electrons. The molecule has 0 bridgehead atoms. The molecule has 1 heterocycles. The van der Waals surface area contributed by atoms with Crippen LogP contribution in [-0.4, -0.2) is 9.97 Å². The molecule has 1 aromatic heterocycles. The van der Waals surface area contributed by atoms with Crippen LogP contribution in [0.25, 0.3) is 0 Å². The number of nitrogen functional groups attached to an aromatic ring is 1. The Kier molecular flexibility index (Phi) is 4.87. The third-order valence-electron chi connectivity index (χ3n) is 3.41. The summed E-state index contributed by atoms with van der Waals surface area (Å²) in [6.45, 7) is 1.96. The molecule has 0 saturated carbocycles. The van der Waals surface area contributed by atoms with E-state index in [0.717, 1.165) is 21.4 Å².